The maximum atomic E-state index is 13.4. The Morgan fingerprint density at radius 1 is 0.600 bits per heavy atom. The van der Waals surface area contributed by atoms with Crippen LogP contribution in [0.1, 0.15) is 20.8 Å². The molecule has 0 aromatic heterocycles. The molecule has 5 heteroatoms. The van der Waals surface area contributed by atoms with Gasteiger partial charge in [-0.25, -0.2) is 22.0 Å². The van der Waals surface area contributed by atoms with Gasteiger partial charge >= 0.3 is 0 Å². The first-order chi connectivity index (χ1) is 6.68. The Hall–Kier alpha value is -0.350. The van der Waals surface area contributed by atoms with E-state index in [1.165, 1.54) is 20.8 Å². The molecule has 0 radical (unpaired) electrons. The van der Waals surface area contributed by atoms with Gasteiger partial charge < -0.3 is 0 Å². The molecule has 0 nitrogen and oxygen atoms in total. The highest BCUT2D eigenvalue weighted by atomic mass is 19.2. The van der Waals surface area contributed by atoms with E-state index in [0.717, 1.165) is 0 Å². The molecule has 4 atom stereocenters. The van der Waals surface area contributed by atoms with Gasteiger partial charge in [-0.1, -0.05) is 20.8 Å². The van der Waals surface area contributed by atoms with Gasteiger partial charge in [-0.05, 0) is 5.41 Å². The summed E-state index contributed by atoms with van der Waals surface area (Å²) in [5.74, 6) is -1.45. The van der Waals surface area contributed by atoms with E-state index in [1.807, 2.05) is 0 Å². The second-order valence-corrected chi connectivity index (χ2v) is 5.11. The summed E-state index contributed by atoms with van der Waals surface area (Å²) < 4.78 is 65.6. The van der Waals surface area contributed by atoms with Gasteiger partial charge in [0.25, 0.3) is 0 Å². The lowest BCUT2D eigenvalue weighted by atomic mass is 9.68. The highest BCUT2D eigenvalue weighted by molar-refractivity contribution is 5.02. The summed E-state index contributed by atoms with van der Waals surface area (Å²) in [6, 6.07) is 0. The van der Waals surface area contributed by atoms with Crippen molar-refractivity contribution in [3.63, 3.8) is 0 Å². The van der Waals surface area contributed by atoms with Crippen LogP contribution >= 0.6 is 0 Å². The molecule has 0 aromatic carbocycles. The fraction of sp³-hybridized carbons (Fsp3) is 1.00. The first kappa shape index (κ1) is 12.7. The molecule has 1 aliphatic rings. The van der Waals surface area contributed by atoms with Crippen LogP contribution in [-0.2, 0) is 0 Å². The number of hydrogen-bond donors (Lipinski definition) is 0. The van der Waals surface area contributed by atoms with Crippen LogP contribution in [0, 0.1) is 11.3 Å². The Bertz CT molecular complexity index is 208. The van der Waals surface area contributed by atoms with Gasteiger partial charge in [0.1, 0.15) is 12.3 Å². The van der Waals surface area contributed by atoms with Gasteiger partial charge in [-0.15, -0.1) is 0 Å². The molecular formula is C10H15F5. The third-order valence-electron chi connectivity index (χ3n) is 2.90. The molecule has 1 rings (SSSR count). The molecule has 0 saturated heterocycles. The zero-order chi connectivity index (χ0) is 12.0. The van der Waals surface area contributed by atoms with Crippen molar-refractivity contribution < 1.29 is 22.0 Å². The maximum Gasteiger partial charge on any atom is 0.168 e. The maximum absolute atomic E-state index is 13.4. The van der Waals surface area contributed by atoms with Crippen molar-refractivity contribution >= 4 is 0 Å². The van der Waals surface area contributed by atoms with Crippen LogP contribution in [0.2, 0.25) is 0 Å². The van der Waals surface area contributed by atoms with Gasteiger partial charge in [0.2, 0.25) is 0 Å². The highest BCUT2D eigenvalue weighted by Gasteiger charge is 2.56. The van der Waals surface area contributed by atoms with E-state index in [4.69, 9.17) is 0 Å². The molecule has 1 fully saturated rings. The minimum Gasteiger partial charge on any atom is -0.244 e. The van der Waals surface area contributed by atoms with Gasteiger partial charge in [-0.3, -0.25) is 0 Å². The van der Waals surface area contributed by atoms with Crippen LogP contribution < -0.4 is 0 Å². The predicted molar refractivity (Wildman–Crippen MR) is 47.4 cm³/mol. The van der Waals surface area contributed by atoms with E-state index in [2.05, 4.69) is 0 Å². The third kappa shape index (κ3) is 2.11. The largest absolute Gasteiger partial charge is 0.244 e. The molecule has 1 aliphatic carbocycles. The van der Waals surface area contributed by atoms with Crippen molar-refractivity contribution in [1.29, 1.82) is 0 Å². The van der Waals surface area contributed by atoms with E-state index in [9.17, 15) is 22.0 Å². The molecule has 4 unspecified atom stereocenters. The standard InChI is InChI=1S/C10H15F5/c1-10(2,3)4-5(11)7(13)9(15)8(14)6(4)12/h4-9H,1-3H3. The van der Waals surface area contributed by atoms with Crippen molar-refractivity contribution in [3.05, 3.63) is 0 Å². The summed E-state index contributed by atoms with van der Waals surface area (Å²) in [6.07, 6.45) is -12.4. The molecule has 1 saturated carbocycles. The molecule has 15 heavy (non-hydrogen) atoms. The normalized spacial score (nSPS) is 48.0. The lowest BCUT2D eigenvalue weighted by molar-refractivity contribution is -0.118. The summed E-state index contributed by atoms with van der Waals surface area (Å²) in [5.41, 5.74) is -0.937. The van der Waals surface area contributed by atoms with Crippen LogP contribution in [-0.4, -0.2) is 30.9 Å². The molecule has 0 heterocycles. The van der Waals surface area contributed by atoms with Gasteiger partial charge in [0.15, 0.2) is 18.5 Å². The second-order valence-electron chi connectivity index (χ2n) is 5.11. The molecule has 0 aromatic rings. The van der Waals surface area contributed by atoms with Crippen LogP contribution in [0.25, 0.3) is 0 Å². The van der Waals surface area contributed by atoms with Gasteiger partial charge in [-0.2, -0.15) is 0 Å². The highest BCUT2D eigenvalue weighted by Crippen LogP contribution is 2.44. The van der Waals surface area contributed by atoms with Crippen molar-refractivity contribution in [2.24, 2.45) is 11.3 Å². The van der Waals surface area contributed by atoms with E-state index < -0.39 is 42.2 Å². The zero-order valence-corrected chi connectivity index (χ0v) is 8.85. The Morgan fingerprint density at radius 3 is 1.13 bits per heavy atom. The quantitative estimate of drug-likeness (QED) is 0.560. The second kappa shape index (κ2) is 3.91. The zero-order valence-electron chi connectivity index (χ0n) is 8.85. The Balaban J connectivity index is 2.97. The number of rotatable bonds is 0. The first-order valence-electron chi connectivity index (χ1n) is 4.88. The van der Waals surface area contributed by atoms with Crippen molar-refractivity contribution in [3.8, 4) is 0 Å². The first-order valence-corrected chi connectivity index (χ1v) is 4.88. The molecule has 0 spiro atoms. The fourth-order valence-electron chi connectivity index (χ4n) is 2.05. The lowest BCUT2D eigenvalue weighted by Crippen LogP contribution is -2.56. The van der Waals surface area contributed by atoms with Crippen LogP contribution in [0.15, 0.2) is 0 Å². The monoisotopic (exact) mass is 230 g/mol. The summed E-state index contributed by atoms with van der Waals surface area (Å²) in [7, 11) is 0. The topological polar surface area (TPSA) is 0 Å². The number of halogens is 5. The fourth-order valence-corrected chi connectivity index (χ4v) is 2.05. The van der Waals surface area contributed by atoms with E-state index in [-0.39, 0.29) is 0 Å². The van der Waals surface area contributed by atoms with E-state index >= 15 is 0 Å². The molecule has 0 amide bonds. The molecule has 0 N–H and O–H groups in total. The van der Waals surface area contributed by atoms with E-state index in [1.54, 1.807) is 0 Å². The number of hydrogen-bond acceptors (Lipinski definition) is 0. The summed E-state index contributed by atoms with van der Waals surface area (Å²) >= 11 is 0. The average molecular weight is 230 g/mol. The van der Waals surface area contributed by atoms with E-state index in [0.29, 0.717) is 0 Å². The molecular weight excluding hydrogens is 215 g/mol. The van der Waals surface area contributed by atoms with Crippen LogP contribution in [0.5, 0.6) is 0 Å². The SMILES string of the molecule is CC(C)(C)C1C(F)C(F)C(F)C(F)C1F. The Kier molecular flexibility index (Phi) is 3.31. The van der Waals surface area contributed by atoms with Crippen molar-refractivity contribution in [2.45, 2.75) is 51.6 Å². The van der Waals surface area contributed by atoms with Crippen molar-refractivity contribution in [1.82, 2.24) is 0 Å². The van der Waals surface area contributed by atoms with Crippen LogP contribution in [0.4, 0.5) is 22.0 Å². The Morgan fingerprint density at radius 2 is 0.867 bits per heavy atom. The summed E-state index contributed by atoms with van der Waals surface area (Å²) in [5, 5.41) is 0. The summed E-state index contributed by atoms with van der Waals surface area (Å²) in [6.45, 7) is 4.44. The average Bonchev–Trinajstić information content (AvgIpc) is 2.09. The minimum atomic E-state index is -2.70. The van der Waals surface area contributed by atoms with Crippen molar-refractivity contribution in [2.75, 3.05) is 0 Å². The predicted octanol–water partition coefficient (Wildman–Crippen LogP) is 3.35. The number of alkyl halides is 5. The Labute approximate surface area is 85.8 Å². The lowest BCUT2D eigenvalue weighted by Gasteiger charge is -2.42. The van der Waals surface area contributed by atoms with Crippen LogP contribution in [0.3, 0.4) is 0 Å². The van der Waals surface area contributed by atoms with Gasteiger partial charge in [0.05, 0.1) is 0 Å². The molecule has 0 bridgehead atoms. The molecule has 90 valence electrons. The summed E-state index contributed by atoms with van der Waals surface area (Å²) in [4.78, 5) is 0. The van der Waals surface area contributed by atoms with Gasteiger partial charge in [0, 0.05) is 5.92 Å². The third-order valence-corrected chi connectivity index (χ3v) is 2.90. The minimum absolute atomic E-state index is 0.937. The smallest absolute Gasteiger partial charge is 0.168 e. The molecule has 0 aliphatic heterocycles.